The molecule has 0 radical (unpaired) electrons. The van der Waals surface area contributed by atoms with Gasteiger partial charge in [0.2, 0.25) is 11.8 Å². The van der Waals surface area contributed by atoms with Crippen molar-refractivity contribution >= 4 is 17.5 Å². The second-order valence-corrected chi connectivity index (χ2v) is 5.01. The lowest BCUT2D eigenvalue weighted by Gasteiger charge is -2.26. The molecule has 0 unspecified atom stereocenters. The van der Waals surface area contributed by atoms with Gasteiger partial charge < -0.3 is 20.7 Å². The largest absolute Gasteiger partial charge is 0.399 e. The minimum absolute atomic E-state index is 0.0579. The highest BCUT2D eigenvalue weighted by Crippen LogP contribution is 2.07. The smallest absolute Gasteiger partial charge is 0.224 e. The van der Waals surface area contributed by atoms with Gasteiger partial charge >= 0.3 is 0 Å². The van der Waals surface area contributed by atoms with Gasteiger partial charge in [0.25, 0.3) is 0 Å². The Labute approximate surface area is 124 Å². The summed E-state index contributed by atoms with van der Waals surface area (Å²) < 4.78 is 5.19. The third kappa shape index (κ3) is 5.07. The van der Waals surface area contributed by atoms with Gasteiger partial charge in [-0.1, -0.05) is 12.1 Å². The highest BCUT2D eigenvalue weighted by molar-refractivity contribution is 5.80. The number of rotatable bonds is 5. The van der Waals surface area contributed by atoms with E-state index < -0.39 is 0 Å². The summed E-state index contributed by atoms with van der Waals surface area (Å²) in [4.78, 5) is 25.4. The van der Waals surface area contributed by atoms with Crippen LogP contribution in [0.4, 0.5) is 5.69 Å². The van der Waals surface area contributed by atoms with Crippen LogP contribution < -0.4 is 11.1 Å². The van der Waals surface area contributed by atoms with E-state index in [0.717, 1.165) is 5.56 Å². The lowest BCUT2D eigenvalue weighted by atomic mass is 10.1. The summed E-state index contributed by atoms with van der Waals surface area (Å²) in [6.45, 7) is 2.81. The summed E-state index contributed by atoms with van der Waals surface area (Å²) in [5, 5.41) is 2.76. The lowest BCUT2D eigenvalue weighted by Crippen LogP contribution is -2.42. The van der Waals surface area contributed by atoms with Crippen molar-refractivity contribution < 1.29 is 14.3 Å². The molecular formula is C15H21N3O3. The van der Waals surface area contributed by atoms with Crippen LogP contribution in [0, 0.1) is 0 Å². The third-order valence-electron chi connectivity index (χ3n) is 3.34. The van der Waals surface area contributed by atoms with Gasteiger partial charge in [0, 0.05) is 31.7 Å². The average Bonchev–Trinajstić information content (AvgIpc) is 2.48. The van der Waals surface area contributed by atoms with Crippen molar-refractivity contribution in [2.75, 3.05) is 38.6 Å². The first-order valence-corrected chi connectivity index (χ1v) is 7.12. The number of carbonyl (C=O) groups excluding carboxylic acids is 2. The highest BCUT2D eigenvalue weighted by atomic mass is 16.5. The van der Waals surface area contributed by atoms with E-state index in [1.54, 1.807) is 17.0 Å². The molecule has 1 aliphatic rings. The topological polar surface area (TPSA) is 84.7 Å². The molecule has 6 nitrogen and oxygen atoms in total. The molecule has 2 amide bonds. The summed E-state index contributed by atoms with van der Waals surface area (Å²) in [6, 6.07) is 7.23. The molecule has 1 aliphatic heterocycles. The van der Waals surface area contributed by atoms with E-state index in [9.17, 15) is 9.59 Å². The van der Waals surface area contributed by atoms with E-state index in [2.05, 4.69) is 5.32 Å². The molecule has 0 spiro atoms. The second-order valence-electron chi connectivity index (χ2n) is 5.01. The molecule has 0 aliphatic carbocycles. The zero-order valence-corrected chi connectivity index (χ0v) is 12.0. The Kier molecular flexibility index (Phi) is 5.57. The lowest BCUT2D eigenvalue weighted by molar-refractivity contribution is -0.135. The van der Waals surface area contributed by atoms with E-state index in [1.165, 1.54) is 0 Å². The van der Waals surface area contributed by atoms with Crippen molar-refractivity contribution in [2.45, 2.75) is 12.8 Å². The molecule has 21 heavy (non-hydrogen) atoms. The van der Waals surface area contributed by atoms with Gasteiger partial charge in [-0.15, -0.1) is 0 Å². The summed E-state index contributed by atoms with van der Waals surface area (Å²) in [5.41, 5.74) is 7.17. The van der Waals surface area contributed by atoms with Gasteiger partial charge in [0.15, 0.2) is 0 Å². The fourth-order valence-electron chi connectivity index (χ4n) is 2.23. The van der Waals surface area contributed by atoms with Crippen molar-refractivity contribution in [2.24, 2.45) is 0 Å². The van der Waals surface area contributed by atoms with Crippen molar-refractivity contribution in [1.29, 1.82) is 0 Å². The standard InChI is InChI=1S/C15H21N3O3/c16-13-3-1-2-12(10-13)11-14(19)17-5-4-15(20)18-6-8-21-9-7-18/h1-3,10H,4-9,11,16H2,(H,17,19). The molecule has 1 saturated heterocycles. The molecule has 6 heteroatoms. The van der Waals surface area contributed by atoms with E-state index in [-0.39, 0.29) is 18.2 Å². The number of nitrogens with two attached hydrogens (primary N) is 1. The van der Waals surface area contributed by atoms with E-state index in [1.807, 2.05) is 12.1 Å². The molecule has 1 fully saturated rings. The summed E-state index contributed by atoms with van der Waals surface area (Å²) in [5.74, 6) is -0.0436. The number of ether oxygens (including phenoxy) is 1. The minimum atomic E-state index is -0.102. The maximum absolute atomic E-state index is 11.9. The van der Waals surface area contributed by atoms with E-state index >= 15 is 0 Å². The predicted octanol–water partition coefficient (Wildman–Crippen LogP) is 0.176. The molecule has 114 valence electrons. The second kappa shape index (κ2) is 7.64. The number of nitrogen functional groups attached to an aromatic ring is 1. The first kappa shape index (κ1) is 15.3. The minimum Gasteiger partial charge on any atom is -0.399 e. The number of nitrogens with one attached hydrogen (secondary N) is 1. The van der Waals surface area contributed by atoms with Gasteiger partial charge in [-0.2, -0.15) is 0 Å². The predicted molar refractivity (Wildman–Crippen MR) is 79.6 cm³/mol. The van der Waals surface area contributed by atoms with Crippen molar-refractivity contribution in [1.82, 2.24) is 10.2 Å². The molecule has 1 aromatic rings. The molecule has 0 atom stereocenters. The Morgan fingerprint density at radius 3 is 2.76 bits per heavy atom. The number of morpholine rings is 1. The first-order valence-electron chi connectivity index (χ1n) is 7.12. The monoisotopic (exact) mass is 291 g/mol. The van der Waals surface area contributed by atoms with Crippen LogP contribution in [0.15, 0.2) is 24.3 Å². The van der Waals surface area contributed by atoms with Crippen LogP contribution in [-0.2, 0) is 20.7 Å². The number of carbonyl (C=O) groups is 2. The molecule has 3 N–H and O–H groups in total. The zero-order valence-electron chi connectivity index (χ0n) is 12.0. The van der Waals surface area contributed by atoms with Crippen molar-refractivity contribution in [3.05, 3.63) is 29.8 Å². The van der Waals surface area contributed by atoms with Crippen LogP contribution in [0.1, 0.15) is 12.0 Å². The molecular weight excluding hydrogens is 270 g/mol. The van der Waals surface area contributed by atoms with Crippen LogP contribution in [0.25, 0.3) is 0 Å². The Hall–Kier alpha value is -2.08. The first-order chi connectivity index (χ1) is 10.1. The Morgan fingerprint density at radius 1 is 1.29 bits per heavy atom. The molecule has 2 rings (SSSR count). The SMILES string of the molecule is Nc1cccc(CC(=O)NCCC(=O)N2CCOCC2)c1. The Morgan fingerprint density at radius 2 is 2.05 bits per heavy atom. The average molecular weight is 291 g/mol. The van der Waals surface area contributed by atoms with E-state index in [4.69, 9.17) is 10.5 Å². The van der Waals surface area contributed by atoms with Gasteiger partial charge in [0.1, 0.15) is 0 Å². The summed E-state index contributed by atoms with van der Waals surface area (Å²) in [6.07, 6.45) is 0.597. The molecule has 0 saturated carbocycles. The number of hydrogen-bond donors (Lipinski definition) is 2. The maximum Gasteiger partial charge on any atom is 0.224 e. The Bertz CT molecular complexity index is 499. The Balaban J connectivity index is 1.68. The van der Waals surface area contributed by atoms with Crippen LogP contribution in [0.3, 0.4) is 0 Å². The van der Waals surface area contributed by atoms with Gasteiger partial charge in [-0.05, 0) is 17.7 Å². The molecule has 0 aromatic heterocycles. The van der Waals surface area contributed by atoms with Gasteiger partial charge in [0.05, 0.1) is 19.6 Å². The quantitative estimate of drug-likeness (QED) is 0.758. The van der Waals surface area contributed by atoms with E-state index in [0.29, 0.717) is 45.0 Å². The van der Waals surface area contributed by atoms with Crippen LogP contribution in [0.5, 0.6) is 0 Å². The number of amides is 2. The van der Waals surface area contributed by atoms with Crippen molar-refractivity contribution in [3.63, 3.8) is 0 Å². The number of nitrogens with zero attached hydrogens (tertiary/aromatic N) is 1. The number of benzene rings is 1. The summed E-state index contributed by atoms with van der Waals surface area (Å²) in [7, 11) is 0. The summed E-state index contributed by atoms with van der Waals surface area (Å²) >= 11 is 0. The maximum atomic E-state index is 11.9. The normalized spacial score (nSPS) is 14.8. The van der Waals surface area contributed by atoms with Gasteiger partial charge in [-0.25, -0.2) is 0 Å². The number of anilines is 1. The van der Waals surface area contributed by atoms with Crippen LogP contribution in [0.2, 0.25) is 0 Å². The zero-order chi connectivity index (χ0) is 15.1. The fourth-order valence-corrected chi connectivity index (χ4v) is 2.23. The molecule has 1 heterocycles. The van der Waals surface area contributed by atoms with Crippen LogP contribution >= 0.6 is 0 Å². The van der Waals surface area contributed by atoms with Crippen LogP contribution in [-0.4, -0.2) is 49.6 Å². The van der Waals surface area contributed by atoms with Crippen molar-refractivity contribution in [3.8, 4) is 0 Å². The highest BCUT2D eigenvalue weighted by Gasteiger charge is 2.16. The molecule has 1 aromatic carbocycles. The molecule has 0 bridgehead atoms. The van der Waals surface area contributed by atoms with Gasteiger partial charge in [-0.3, -0.25) is 9.59 Å². The fraction of sp³-hybridized carbons (Fsp3) is 0.467. The number of hydrogen-bond acceptors (Lipinski definition) is 4. The third-order valence-corrected chi connectivity index (χ3v) is 3.34.